The van der Waals surface area contributed by atoms with Crippen LogP contribution in [0.25, 0.3) is 0 Å². The largest absolute Gasteiger partial charge is 0.508 e. The van der Waals surface area contributed by atoms with Gasteiger partial charge < -0.3 is 10.4 Å². The van der Waals surface area contributed by atoms with E-state index in [0.717, 1.165) is 41.8 Å². The maximum Gasteiger partial charge on any atom is 0.120 e. The summed E-state index contributed by atoms with van der Waals surface area (Å²) in [7, 11) is 0. The number of hydrogen-bond acceptors (Lipinski definition) is 3. The van der Waals surface area contributed by atoms with Gasteiger partial charge in [-0.15, -0.1) is 24.8 Å². The number of phenolic OH excluding ortho intramolecular Hbond substituents is 1. The van der Waals surface area contributed by atoms with Crippen LogP contribution in [0.15, 0.2) is 10.5 Å². The van der Waals surface area contributed by atoms with Crippen molar-refractivity contribution in [2.75, 3.05) is 26.2 Å². The second-order valence-corrected chi connectivity index (χ2v) is 7.99. The highest BCUT2D eigenvalue weighted by atomic mass is 79.9. The number of nitrogens with zero attached hydrogens (tertiary/aromatic N) is 1. The molecule has 1 saturated heterocycles. The highest BCUT2D eigenvalue weighted by Crippen LogP contribution is 2.45. The lowest BCUT2D eigenvalue weighted by Gasteiger charge is -2.42. The van der Waals surface area contributed by atoms with Gasteiger partial charge in [0.25, 0.3) is 0 Å². The third kappa shape index (κ3) is 5.04. The van der Waals surface area contributed by atoms with Crippen molar-refractivity contribution in [3.05, 3.63) is 27.2 Å². The number of phenols is 1. The van der Waals surface area contributed by atoms with E-state index in [1.807, 2.05) is 6.07 Å². The van der Waals surface area contributed by atoms with Gasteiger partial charge in [-0.2, -0.15) is 0 Å². The van der Waals surface area contributed by atoms with E-state index in [2.05, 4.69) is 40.0 Å². The zero-order valence-electron chi connectivity index (χ0n) is 15.2. The lowest BCUT2D eigenvalue weighted by Crippen LogP contribution is -2.47. The third-order valence-corrected chi connectivity index (χ3v) is 6.87. The quantitative estimate of drug-likeness (QED) is 0.664. The van der Waals surface area contributed by atoms with Crippen LogP contribution < -0.4 is 5.32 Å². The lowest BCUT2D eigenvalue weighted by atomic mass is 9.78. The molecule has 0 aromatic heterocycles. The van der Waals surface area contributed by atoms with Crippen LogP contribution >= 0.6 is 40.7 Å². The summed E-state index contributed by atoms with van der Waals surface area (Å²) in [4.78, 5) is 2.61. The van der Waals surface area contributed by atoms with Crippen molar-refractivity contribution in [2.24, 2.45) is 5.92 Å². The molecular weight excluding hydrogens is 423 g/mol. The standard InChI is InChI=1S/C19H29BrN2O.2ClH/c1-13-12-16(23)17(14(2)18(13)20)19(15-6-4-3-5-7-15)22-10-8-21-9-11-22;;/h12,15,19,21,23H,3-11H2,1-2H3;2*1H/t19-;;/m1../s1. The molecule has 2 aliphatic rings. The average molecular weight is 454 g/mol. The molecule has 1 atom stereocenters. The molecule has 0 amide bonds. The zero-order chi connectivity index (χ0) is 16.4. The second kappa shape index (κ2) is 10.4. The van der Waals surface area contributed by atoms with Crippen LogP contribution in [0.5, 0.6) is 5.75 Å². The smallest absolute Gasteiger partial charge is 0.120 e. The van der Waals surface area contributed by atoms with Crippen molar-refractivity contribution in [1.82, 2.24) is 10.2 Å². The third-order valence-electron chi connectivity index (χ3n) is 5.65. The Morgan fingerprint density at radius 3 is 2.32 bits per heavy atom. The first-order valence-corrected chi connectivity index (χ1v) is 9.82. The SMILES string of the molecule is Cc1cc(O)c([C@@H](C2CCCCC2)N2CCNCC2)c(C)c1Br.Cl.Cl. The number of rotatable bonds is 3. The van der Waals surface area contributed by atoms with E-state index >= 15 is 0 Å². The summed E-state index contributed by atoms with van der Waals surface area (Å²) < 4.78 is 1.15. The van der Waals surface area contributed by atoms with Crippen molar-refractivity contribution in [3.8, 4) is 5.75 Å². The van der Waals surface area contributed by atoms with Crippen molar-refractivity contribution < 1.29 is 5.11 Å². The normalized spacial score (nSPS) is 20.4. The molecule has 1 aromatic carbocycles. The van der Waals surface area contributed by atoms with Crippen molar-refractivity contribution in [3.63, 3.8) is 0 Å². The number of hydrogen-bond donors (Lipinski definition) is 2. The molecule has 6 heteroatoms. The summed E-state index contributed by atoms with van der Waals surface area (Å²) >= 11 is 3.74. The first kappa shape index (κ1) is 23.0. The van der Waals surface area contributed by atoms with Gasteiger partial charge in [-0.1, -0.05) is 35.2 Å². The molecule has 25 heavy (non-hydrogen) atoms. The molecule has 3 nitrogen and oxygen atoms in total. The van der Waals surface area contributed by atoms with E-state index in [9.17, 15) is 5.11 Å². The monoisotopic (exact) mass is 452 g/mol. The highest BCUT2D eigenvalue weighted by Gasteiger charge is 2.34. The van der Waals surface area contributed by atoms with Crippen LogP contribution in [-0.2, 0) is 0 Å². The molecule has 1 aliphatic heterocycles. The Labute approximate surface area is 172 Å². The van der Waals surface area contributed by atoms with Gasteiger partial charge in [0.05, 0.1) is 0 Å². The number of nitrogens with one attached hydrogen (secondary N) is 1. The molecule has 0 radical (unpaired) electrons. The van der Waals surface area contributed by atoms with Crippen molar-refractivity contribution >= 4 is 40.7 Å². The van der Waals surface area contributed by atoms with Gasteiger partial charge in [-0.25, -0.2) is 0 Å². The lowest BCUT2D eigenvalue weighted by molar-refractivity contribution is 0.101. The average Bonchev–Trinajstić information content (AvgIpc) is 2.58. The number of benzene rings is 1. The van der Waals surface area contributed by atoms with E-state index in [-0.39, 0.29) is 24.8 Å². The van der Waals surface area contributed by atoms with Crippen LogP contribution in [0, 0.1) is 19.8 Å². The number of halogens is 3. The fourth-order valence-corrected chi connectivity index (χ4v) is 4.78. The first-order chi connectivity index (χ1) is 11.1. The highest BCUT2D eigenvalue weighted by molar-refractivity contribution is 9.10. The minimum atomic E-state index is 0. The topological polar surface area (TPSA) is 35.5 Å². The van der Waals surface area contributed by atoms with Crippen molar-refractivity contribution in [1.29, 1.82) is 0 Å². The molecule has 2 N–H and O–H groups in total. The molecule has 0 unspecified atom stereocenters. The van der Waals surface area contributed by atoms with Gasteiger partial charge >= 0.3 is 0 Å². The van der Waals surface area contributed by atoms with E-state index in [1.165, 1.54) is 37.7 Å². The molecule has 1 saturated carbocycles. The Morgan fingerprint density at radius 1 is 1.12 bits per heavy atom. The zero-order valence-corrected chi connectivity index (χ0v) is 18.4. The Bertz CT molecular complexity index is 541. The molecule has 1 aromatic rings. The summed E-state index contributed by atoms with van der Waals surface area (Å²) in [6.07, 6.45) is 6.62. The van der Waals surface area contributed by atoms with Gasteiger partial charge in [-0.3, -0.25) is 4.90 Å². The van der Waals surface area contributed by atoms with E-state index in [0.29, 0.717) is 17.7 Å². The summed E-state index contributed by atoms with van der Waals surface area (Å²) in [6, 6.07) is 2.29. The Hall–Kier alpha value is -0.000000000000000111. The second-order valence-electron chi connectivity index (χ2n) is 7.19. The Kier molecular flexibility index (Phi) is 9.55. The number of piperazine rings is 1. The number of aryl methyl sites for hydroxylation is 1. The number of aromatic hydroxyl groups is 1. The molecule has 3 rings (SSSR count). The first-order valence-electron chi connectivity index (χ1n) is 9.03. The molecular formula is C19H31BrCl2N2O. The van der Waals surface area contributed by atoms with Crippen LogP contribution in [-0.4, -0.2) is 36.2 Å². The summed E-state index contributed by atoms with van der Waals surface area (Å²) in [6.45, 7) is 8.47. The molecule has 0 spiro atoms. The predicted molar refractivity (Wildman–Crippen MR) is 114 cm³/mol. The fraction of sp³-hybridized carbons (Fsp3) is 0.684. The van der Waals surface area contributed by atoms with Gasteiger partial charge in [0.2, 0.25) is 0 Å². The molecule has 1 aliphatic carbocycles. The van der Waals surface area contributed by atoms with Crippen LogP contribution in [0.3, 0.4) is 0 Å². The fourth-order valence-electron chi connectivity index (χ4n) is 4.45. The minimum Gasteiger partial charge on any atom is -0.508 e. The molecule has 144 valence electrons. The molecule has 0 bridgehead atoms. The van der Waals surface area contributed by atoms with Gasteiger partial charge in [0.15, 0.2) is 0 Å². The maximum atomic E-state index is 10.8. The minimum absolute atomic E-state index is 0. The predicted octanol–water partition coefficient (Wildman–Crippen LogP) is 5.14. The Balaban J connectivity index is 0.00000156. The molecule has 1 heterocycles. The van der Waals surface area contributed by atoms with Crippen LogP contribution in [0.4, 0.5) is 0 Å². The van der Waals surface area contributed by atoms with Crippen LogP contribution in [0.2, 0.25) is 0 Å². The van der Waals surface area contributed by atoms with Gasteiger partial charge in [0.1, 0.15) is 5.75 Å². The maximum absolute atomic E-state index is 10.8. The summed E-state index contributed by atoms with van der Waals surface area (Å²) in [5, 5.41) is 14.2. The van der Waals surface area contributed by atoms with Crippen LogP contribution in [0.1, 0.15) is 54.8 Å². The van der Waals surface area contributed by atoms with E-state index < -0.39 is 0 Å². The molecule has 2 fully saturated rings. The van der Waals surface area contributed by atoms with E-state index in [1.54, 1.807) is 0 Å². The summed E-state index contributed by atoms with van der Waals surface area (Å²) in [5.74, 6) is 1.15. The van der Waals surface area contributed by atoms with Gasteiger partial charge in [-0.05, 0) is 49.8 Å². The van der Waals surface area contributed by atoms with E-state index in [4.69, 9.17) is 0 Å². The van der Waals surface area contributed by atoms with Gasteiger partial charge in [0, 0.05) is 42.3 Å². The Morgan fingerprint density at radius 2 is 1.72 bits per heavy atom. The summed E-state index contributed by atoms with van der Waals surface area (Å²) in [5.41, 5.74) is 3.50. The van der Waals surface area contributed by atoms with Crippen molar-refractivity contribution in [2.45, 2.75) is 52.0 Å².